The molecule has 11 rings (SSSR count). The zero-order chi connectivity index (χ0) is 88.5. The number of nitrogens with zero attached hydrogens (tertiary/aromatic N) is 11. The monoisotopic (exact) mass is 1650 g/mol. The summed E-state index contributed by atoms with van der Waals surface area (Å²) >= 11 is 1.75. The molecule has 652 valence electrons. The third kappa shape index (κ3) is 28.5. The quantitative estimate of drug-likeness (QED) is 0.0445. The van der Waals surface area contributed by atoms with Crippen LogP contribution < -0.4 is 63.5 Å². The molecule has 4 aliphatic heterocycles. The first-order chi connectivity index (χ1) is 55.3. The van der Waals surface area contributed by atoms with Gasteiger partial charge in [0.25, 0.3) is 0 Å². The number of rotatable bonds is 19. The largest absolute Gasteiger partial charge is 0.441 e. The number of fused-ring (bicyclic) bond motifs is 4. The fourth-order valence-electron chi connectivity index (χ4n) is 14.1. The van der Waals surface area contributed by atoms with E-state index in [0.29, 0.717) is 79.6 Å². The highest BCUT2D eigenvalue weighted by Crippen LogP contribution is 2.33. The Morgan fingerprint density at radius 3 is 1.53 bits per heavy atom. The molecule has 4 N–H and O–H groups in total. The molecule has 23 nitrogen and oxygen atoms in total. The Labute approximate surface area is 713 Å². The maximum atomic E-state index is 12.2. The van der Waals surface area contributed by atoms with Crippen LogP contribution in [0.25, 0.3) is 0 Å². The summed E-state index contributed by atoms with van der Waals surface area (Å²) in [6.07, 6.45) is 22.5. The van der Waals surface area contributed by atoms with Crippen LogP contribution in [0.15, 0.2) is 104 Å². The van der Waals surface area contributed by atoms with Crippen molar-refractivity contribution < 1.29 is 70.2 Å². The number of aromatic nitrogens is 6. The predicted octanol–water partition coefficient (Wildman–Crippen LogP) is 14.8. The summed E-state index contributed by atoms with van der Waals surface area (Å²) in [5.41, 5.74) is 15.3. The normalized spacial score (nSPS) is 14.4. The molecule has 6 amide bonds. The number of anilines is 5. The first-order valence-electron chi connectivity index (χ1n) is 43.9. The number of thiazole rings is 1. The Morgan fingerprint density at radius 2 is 1.02 bits per heavy atom. The summed E-state index contributed by atoms with van der Waals surface area (Å²) in [7, 11) is 4.63. The molecule has 24 heteroatoms. The van der Waals surface area contributed by atoms with Crippen LogP contribution in [0.1, 0.15) is 277 Å². The number of likely N-dealkylation sites (tertiary alicyclic amines) is 1. The lowest BCUT2D eigenvalue weighted by molar-refractivity contribution is -0.936. The van der Waals surface area contributed by atoms with Gasteiger partial charge in [-0.2, -0.15) is 13.7 Å². The zero-order valence-corrected chi connectivity index (χ0v) is 78.8. The van der Waals surface area contributed by atoms with Crippen molar-refractivity contribution in [1.82, 2.24) is 15.3 Å². The molecule has 0 spiro atoms. The van der Waals surface area contributed by atoms with Crippen LogP contribution in [0.4, 0.5) is 27.9 Å². The Hall–Kier alpha value is -8.61. The fraction of sp³-hybridized carbons (Fsp3) is 0.628. The number of hydrogen-bond acceptors (Lipinski definition) is 11. The van der Waals surface area contributed by atoms with E-state index in [1.165, 1.54) is 34.8 Å². The van der Waals surface area contributed by atoms with E-state index >= 15 is 0 Å². The number of pyridine rings is 5. The average molecular weight is 1650 g/mol. The summed E-state index contributed by atoms with van der Waals surface area (Å²) in [6, 6.07) is 23.7. The molecule has 6 aromatic rings. The molecule has 0 bridgehead atoms. The molecule has 1 fully saturated rings. The summed E-state index contributed by atoms with van der Waals surface area (Å²) in [5, 5.41) is 10.4. The molecule has 6 aromatic heterocycles. The first-order valence-corrected chi connectivity index (χ1v) is 44.7. The van der Waals surface area contributed by atoms with Crippen LogP contribution in [0.5, 0.6) is 5.88 Å². The minimum atomic E-state index is -0.00356. The van der Waals surface area contributed by atoms with Crippen molar-refractivity contribution in [3.05, 3.63) is 132 Å². The van der Waals surface area contributed by atoms with E-state index in [-0.39, 0.29) is 71.0 Å². The number of aryl methyl sites for hydroxylation is 1. The molecule has 0 unspecified atom stereocenters. The lowest BCUT2D eigenvalue weighted by atomic mass is 9.98. The highest BCUT2D eigenvalue weighted by atomic mass is 32.1. The molecule has 1 saturated heterocycles. The van der Waals surface area contributed by atoms with E-state index in [4.69, 9.17) is 4.74 Å². The summed E-state index contributed by atoms with van der Waals surface area (Å²) < 4.78 is 19.9. The number of carbonyl (C=O) groups excluding carboxylic acids is 7. The van der Waals surface area contributed by atoms with Gasteiger partial charge in [0.2, 0.25) is 40.9 Å². The van der Waals surface area contributed by atoms with Crippen molar-refractivity contribution >= 4 is 80.4 Å². The van der Waals surface area contributed by atoms with Crippen LogP contribution in [0.2, 0.25) is 0 Å². The molecular weight excluding hydrogens is 1500 g/mol. The van der Waals surface area contributed by atoms with Crippen LogP contribution in [-0.2, 0) is 65.7 Å². The van der Waals surface area contributed by atoms with Crippen molar-refractivity contribution in [2.45, 2.75) is 294 Å². The lowest BCUT2D eigenvalue weighted by Crippen LogP contribution is -2.57. The van der Waals surface area contributed by atoms with Crippen molar-refractivity contribution in [2.24, 2.45) is 41.4 Å². The number of carbonyl (C=O) groups is 7. The third-order valence-electron chi connectivity index (χ3n) is 22.1. The highest BCUT2D eigenvalue weighted by molar-refractivity contribution is 7.15. The predicted molar refractivity (Wildman–Crippen MR) is 475 cm³/mol. The van der Waals surface area contributed by atoms with Gasteiger partial charge in [0.15, 0.2) is 79.3 Å². The van der Waals surface area contributed by atoms with Crippen molar-refractivity contribution in [2.75, 3.05) is 79.4 Å². The second kappa shape index (κ2) is 46.8. The summed E-state index contributed by atoms with van der Waals surface area (Å²) in [5.74, 6) is 2.35. The highest BCUT2D eigenvalue weighted by Gasteiger charge is 2.38. The third-order valence-corrected chi connectivity index (χ3v) is 23.3. The van der Waals surface area contributed by atoms with Gasteiger partial charge >= 0.3 is 16.9 Å². The van der Waals surface area contributed by atoms with Gasteiger partial charge in [0, 0.05) is 124 Å². The fourth-order valence-corrected chi connectivity index (χ4v) is 15.4. The number of Topliss-reactive ketones (excluding diaryl/α,β-unsaturated/α-hetero) is 1. The first kappa shape index (κ1) is 100.0. The van der Waals surface area contributed by atoms with Gasteiger partial charge in [0.05, 0.1) is 62.5 Å². The Balaban J connectivity index is 0.000000246. The van der Waals surface area contributed by atoms with Crippen LogP contribution in [0.3, 0.4) is 0 Å². The van der Waals surface area contributed by atoms with Gasteiger partial charge in [-0.3, -0.25) is 39.2 Å². The summed E-state index contributed by atoms with van der Waals surface area (Å²) in [4.78, 5) is 88.4. The van der Waals surface area contributed by atoms with Crippen LogP contribution in [0, 0.1) is 41.4 Å². The maximum Gasteiger partial charge on any atom is 0.392 e. The van der Waals surface area contributed by atoms with E-state index in [1.54, 1.807) is 21.4 Å². The van der Waals surface area contributed by atoms with Gasteiger partial charge in [-0.05, 0) is 140 Å². The second-order valence-electron chi connectivity index (χ2n) is 36.4. The number of hydrazine groups is 2. The Morgan fingerprint density at radius 1 is 0.492 bits per heavy atom. The molecule has 5 aliphatic rings. The lowest BCUT2D eigenvalue weighted by Gasteiger charge is -2.45. The number of piperidine rings is 1. The number of ketones is 1. The van der Waals surface area contributed by atoms with Gasteiger partial charge in [0.1, 0.15) is 35.1 Å². The van der Waals surface area contributed by atoms with E-state index in [9.17, 15) is 33.6 Å². The summed E-state index contributed by atoms with van der Waals surface area (Å²) in [6.45, 7) is 62.0. The number of nitrogens with one attached hydrogen (secondary N) is 4. The van der Waals surface area contributed by atoms with Crippen molar-refractivity contribution in [1.29, 1.82) is 0 Å². The van der Waals surface area contributed by atoms with E-state index in [0.717, 1.165) is 102 Å². The molecule has 0 saturated carbocycles. The molecule has 10 heterocycles. The molecule has 0 aromatic carbocycles. The van der Waals surface area contributed by atoms with Crippen molar-refractivity contribution in [3.63, 3.8) is 0 Å². The SMILES string of the molecule is CC(C)C(=O)Cc1cc[n+](C(C)C)cc1.CC(C)C(=O)N1CCC([N+](C)(C)C(C)C)CC1.CC(C)C(=O)N1CCOc2c1ccc[n+]2C(C)C.CC(C)C(=O)N1CCc2c(ccc[n+]2C(C)C)N1.CC(C)C(=O)N1NCCc2c1ccc[n+]2C(C)C.CC(C)C(=O)Nc1ccc[n+](C(C)C)c1.CC(C)C(=O)Nc1sc2c([n+]1C(C)C)CCC2. The van der Waals surface area contributed by atoms with Gasteiger partial charge in [-0.25, -0.2) is 34.2 Å². The minimum absolute atomic E-state index is 0.00339. The maximum absolute atomic E-state index is 12.2. The van der Waals surface area contributed by atoms with Crippen LogP contribution in [-0.4, -0.2) is 121 Å². The topological polar surface area (TPSA) is 213 Å². The zero-order valence-electron chi connectivity index (χ0n) is 78.0. The number of hydrogen-bond donors (Lipinski definition) is 4. The molecular formula is C94H154N15O8S+7. The molecule has 0 atom stereocenters. The van der Waals surface area contributed by atoms with E-state index in [1.807, 2.05) is 198 Å². The van der Waals surface area contributed by atoms with E-state index in [2.05, 4.69) is 172 Å². The number of quaternary nitrogens is 1. The van der Waals surface area contributed by atoms with E-state index < -0.39 is 0 Å². The van der Waals surface area contributed by atoms with Gasteiger partial charge in [-0.1, -0.05) is 108 Å². The van der Waals surface area contributed by atoms with Gasteiger partial charge in [-0.15, -0.1) is 0 Å². The minimum Gasteiger partial charge on any atom is -0.441 e. The number of ether oxygens (including phenoxy) is 1. The Kier molecular flexibility index (Phi) is 39.7. The number of amides is 6. The van der Waals surface area contributed by atoms with Gasteiger partial charge < -0.3 is 24.3 Å². The van der Waals surface area contributed by atoms with Crippen molar-refractivity contribution in [3.8, 4) is 5.88 Å². The smallest absolute Gasteiger partial charge is 0.392 e. The standard InChI is InChI=1S/2C14H22N3O.C14H21N2O2.C14H29N2O.C13H20N2OS.C13H20NO.C12H18N2O/c1-10(2)14(18)17-13-6-5-9-16(11(3)4)12(13)7-8-15-17;1-10(2)14(18)17-9-7-13-12(15-17)6-5-8-16(13)11(3)4;1-10(2)13(17)16-8-9-18-14-12(16)6-5-7-15(14)11(3)4;1-11(2)14(17)15-9-7-13(8-10-15)16(5,6)12(3)4;1-8(2)12(16)14-13-15(9(3)4)10-6-5-7-11(10)17-13;1-10(2)13(15)9-12-5-7-14(8-6-12)11(3)4;1-9(2)12(15)13-11-6-5-7-14(8-11)10(3)4/h5-6,9-11,15H,7-8H2,1-4H3;5-6,8,10-11,15H,7,9H2,1-4H3;5-7,10-11H,8-9H2,1-4H3;11-13H,7-10H2,1-6H3;8-9H,5-7H2,1-4H3;5-8,10-11H,9H2,1-4H3;5-10H,1-4H3/q4*+1;;+1;/p+2. The Bertz CT molecular complexity index is 4140. The molecule has 0 radical (unpaired) electrons. The average Bonchev–Trinajstić information content (AvgIpc) is 1.03. The molecule has 118 heavy (non-hydrogen) atoms. The van der Waals surface area contributed by atoms with Crippen LogP contribution >= 0.6 is 11.3 Å². The molecule has 1 aliphatic carbocycles. The second-order valence-corrected chi connectivity index (χ2v) is 37.5.